The molecule has 1 aliphatic carbocycles. The summed E-state index contributed by atoms with van der Waals surface area (Å²) in [6, 6.07) is 0. The Morgan fingerprint density at radius 1 is 0.688 bits per heavy atom. The van der Waals surface area contributed by atoms with Crippen molar-refractivity contribution in [3.63, 3.8) is 0 Å². The van der Waals surface area contributed by atoms with Crippen LogP contribution in [0, 0.1) is 0 Å². The predicted molar refractivity (Wildman–Crippen MR) is 33.8 cm³/mol. The quantitative estimate of drug-likeness (QED) is 0.357. The van der Waals surface area contributed by atoms with E-state index in [1.807, 2.05) is 0 Å². The van der Waals surface area contributed by atoms with Crippen LogP contribution in [0.3, 0.4) is 0 Å². The van der Waals surface area contributed by atoms with Gasteiger partial charge in [0.15, 0.2) is 0 Å². The Labute approximate surface area is 86.7 Å². The Bertz CT molecular complexity index is 316. The Morgan fingerprint density at radius 3 is 1.00 bits per heavy atom. The maximum Gasteiger partial charge on any atom is 0.415 e. The van der Waals surface area contributed by atoms with Gasteiger partial charge in [0.25, 0.3) is 0 Å². The van der Waals surface area contributed by atoms with Crippen LogP contribution in [0.15, 0.2) is 11.1 Å². The van der Waals surface area contributed by atoms with E-state index in [0.29, 0.717) is 0 Å². The van der Waals surface area contributed by atoms with Crippen molar-refractivity contribution < 1.29 is 39.5 Å². The summed E-state index contributed by atoms with van der Waals surface area (Å²) in [5.41, 5.74) is -5.58. The lowest BCUT2D eigenvalue weighted by molar-refractivity contribution is -0.158. The number of alkyl halides is 10. The molecule has 1 rings (SSSR count). The predicted octanol–water partition coefficient (Wildman–Crippen LogP) is 3.96. The molecule has 0 heterocycles. The van der Waals surface area contributed by atoms with Gasteiger partial charge in [-0.1, -0.05) is 11.6 Å². The van der Waals surface area contributed by atoms with Crippen molar-refractivity contribution in [2.45, 2.75) is 23.4 Å². The molecule has 16 heavy (non-hydrogen) atoms. The van der Waals surface area contributed by atoms with E-state index in [1.54, 1.807) is 0 Å². The fraction of sp³-hybridized carbons (Fsp3) is 0.667. The molecule has 0 spiro atoms. The van der Waals surface area contributed by atoms with E-state index in [0.717, 1.165) is 0 Å². The molecular formula is C6ClF9. The second kappa shape index (κ2) is 2.99. The SMILES string of the molecule is FC(F)(F)C1=C(C(F)(F)F)C1(Cl)C(F)(F)F. The van der Waals surface area contributed by atoms with E-state index in [1.165, 1.54) is 0 Å². The molecule has 0 aliphatic heterocycles. The molecular weight excluding hydrogens is 279 g/mol. The fourth-order valence-corrected chi connectivity index (χ4v) is 1.57. The van der Waals surface area contributed by atoms with Crippen LogP contribution in [-0.2, 0) is 0 Å². The Hall–Kier alpha value is -0.600. The number of rotatable bonds is 0. The van der Waals surface area contributed by atoms with Gasteiger partial charge < -0.3 is 0 Å². The van der Waals surface area contributed by atoms with Gasteiger partial charge in [-0.25, -0.2) is 0 Å². The first-order chi connectivity index (χ1) is 6.74. The summed E-state index contributed by atoms with van der Waals surface area (Å²) >= 11 is 4.38. The van der Waals surface area contributed by atoms with E-state index in [9.17, 15) is 39.5 Å². The molecule has 94 valence electrons. The van der Waals surface area contributed by atoms with Crippen LogP contribution < -0.4 is 0 Å². The molecule has 0 N–H and O–H groups in total. The largest absolute Gasteiger partial charge is 0.415 e. The van der Waals surface area contributed by atoms with Gasteiger partial charge in [0.05, 0.1) is 11.1 Å². The van der Waals surface area contributed by atoms with E-state index in [-0.39, 0.29) is 0 Å². The van der Waals surface area contributed by atoms with E-state index in [4.69, 9.17) is 0 Å². The summed E-state index contributed by atoms with van der Waals surface area (Å²) in [7, 11) is 0. The van der Waals surface area contributed by atoms with Crippen LogP contribution in [0.5, 0.6) is 0 Å². The zero-order valence-electron chi connectivity index (χ0n) is 6.78. The molecule has 0 nitrogen and oxygen atoms in total. The Balaban J connectivity index is 3.26. The molecule has 10 heteroatoms. The van der Waals surface area contributed by atoms with Crippen LogP contribution in [0.1, 0.15) is 0 Å². The van der Waals surface area contributed by atoms with E-state index in [2.05, 4.69) is 11.6 Å². The molecule has 0 amide bonds. The summed E-state index contributed by atoms with van der Waals surface area (Å²) in [6.07, 6.45) is -17.4. The first kappa shape index (κ1) is 13.5. The van der Waals surface area contributed by atoms with Gasteiger partial charge in [0.2, 0.25) is 4.87 Å². The number of hydrogen-bond acceptors (Lipinski definition) is 0. The van der Waals surface area contributed by atoms with Crippen molar-refractivity contribution in [1.29, 1.82) is 0 Å². The van der Waals surface area contributed by atoms with Crippen molar-refractivity contribution in [3.8, 4) is 0 Å². The normalized spacial score (nSPS) is 21.4. The standard InChI is InChI=1S/C6ClF9/c7-3(6(14,15)16)1(4(8,9)10)2(3)5(11,12)13. The highest BCUT2D eigenvalue weighted by Gasteiger charge is 2.81. The average molecular weight is 279 g/mol. The minimum atomic E-state index is -5.84. The van der Waals surface area contributed by atoms with E-state index >= 15 is 0 Å². The average Bonchev–Trinajstić information content (AvgIpc) is 2.53. The van der Waals surface area contributed by atoms with Gasteiger partial charge in [-0.15, -0.1) is 0 Å². The Morgan fingerprint density at radius 2 is 0.938 bits per heavy atom. The molecule has 0 unspecified atom stereocenters. The third-order valence-corrected chi connectivity index (χ3v) is 2.43. The summed E-state index contributed by atoms with van der Waals surface area (Å²) in [5.74, 6) is 0. The molecule has 0 aromatic carbocycles. The van der Waals surface area contributed by atoms with Gasteiger partial charge in [-0.3, -0.25) is 0 Å². The van der Waals surface area contributed by atoms with Crippen LogP contribution in [0.2, 0.25) is 0 Å². The van der Waals surface area contributed by atoms with Crippen LogP contribution in [-0.4, -0.2) is 23.4 Å². The monoisotopic (exact) mass is 278 g/mol. The lowest BCUT2D eigenvalue weighted by Crippen LogP contribution is -2.35. The molecule has 0 aromatic rings. The molecule has 0 fully saturated rings. The topological polar surface area (TPSA) is 0 Å². The summed E-state index contributed by atoms with van der Waals surface area (Å²) < 4.78 is 107. The van der Waals surface area contributed by atoms with E-state index < -0.39 is 34.5 Å². The molecule has 0 saturated heterocycles. The van der Waals surface area contributed by atoms with Gasteiger partial charge in [-0.05, 0) is 0 Å². The zero-order valence-corrected chi connectivity index (χ0v) is 7.54. The highest BCUT2D eigenvalue weighted by Crippen LogP contribution is 2.68. The van der Waals surface area contributed by atoms with Crippen molar-refractivity contribution in [3.05, 3.63) is 11.1 Å². The number of halogens is 10. The molecule has 0 aromatic heterocycles. The van der Waals surface area contributed by atoms with Crippen LogP contribution >= 0.6 is 11.6 Å². The molecule has 0 saturated carbocycles. The summed E-state index contributed by atoms with van der Waals surface area (Å²) in [5, 5.41) is 0. The lowest BCUT2D eigenvalue weighted by atomic mass is 10.2. The van der Waals surface area contributed by atoms with Crippen LogP contribution in [0.4, 0.5) is 39.5 Å². The third-order valence-electron chi connectivity index (χ3n) is 1.83. The first-order valence-corrected chi connectivity index (χ1v) is 3.77. The highest BCUT2D eigenvalue weighted by molar-refractivity contribution is 6.32. The van der Waals surface area contributed by atoms with Gasteiger partial charge in [0.1, 0.15) is 0 Å². The smallest absolute Gasteiger partial charge is 0.168 e. The Kier molecular flexibility index (Phi) is 2.52. The minimum absolute atomic E-state index is 2.79. The molecule has 0 atom stereocenters. The maximum atomic E-state index is 12.0. The van der Waals surface area contributed by atoms with Crippen molar-refractivity contribution in [2.24, 2.45) is 0 Å². The fourth-order valence-electron chi connectivity index (χ4n) is 1.22. The molecule has 0 radical (unpaired) electrons. The zero-order chi connectivity index (χ0) is 13.2. The molecule has 0 bridgehead atoms. The van der Waals surface area contributed by atoms with Gasteiger partial charge in [0, 0.05) is 0 Å². The second-order valence-electron chi connectivity index (χ2n) is 2.90. The maximum absolute atomic E-state index is 12.0. The van der Waals surface area contributed by atoms with Crippen LogP contribution in [0.25, 0.3) is 0 Å². The first-order valence-electron chi connectivity index (χ1n) is 3.39. The van der Waals surface area contributed by atoms with Gasteiger partial charge in [-0.2, -0.15) is 39.5 Å². The summed E-state index contributed by atoms with van der Waals surface area (Å²) in [6.45, 7) is 0. The molecule has 1 aliphatic rings. The summed E-state index contributed by atoms with van der Waals surface area (Å²) in [4.78, 5) is -4.45. The lowest BCUT2D eigenvalue weighted by Gasteiger charge is -2.17. The second-order valence-corrected chi connectivity index (χ2v) is 3.47. The third kappa shape index (κ3) is 1.74. The van der Waals surface area contributed by atoms with Crippen molar-refractivity contribution in [2.75, 3.05) is 0 Å². The van der Waals surface area contributed by atoms with Gasteiger partial charge >= 0.3 is 18.5 Å². The minimum Gasteiger partial charge on any atom is -0.168 e. The number of allylic oxidation sites excluding steroid dienone is 2. The number of hydrogen-bond donors (Lipinski definition) is 0. The van der Waals surface area contributed by atoms with Crippen molar-refractivity contribution in [1.82, 2.24) is 0 Å². The van der Waals surface area contributed by atoms with Crippen molar-refractivity contribution >= 4 is 11.6 Å². The highest BCUT2D eigenvalue weighted by atomic mass is 35.5.